The summed E-state index contributed by atoms with van der Waals surface area (Å²) in [6, 6.07) is 15.3. The number of halogens is 1. The normalized spacial score (nSPS) is 16.5. The zero-order valence-corrected chi connectivity index (χ0v) is 17.4. The second-order valence-electron chi connectivity index (χ2n) is 6.71. The summed E-state index contributed by atoms with van der Waals surface area (Å²) < 4.78 is 11.0. The molecule has 0 aliphatic heterocycles. The fraction of sp³-hybridized carbons (Fsp3) is 0.318. The van der Waals surface area contributed by atoms with Crippen LogP contribution in [0.5, 0.6) is 0 Å². The molecule has 1 atom stereocenters. The Morgan fingerprint density at radius 1 is 1.11 bits per heavy atom. The molecule has 2 aromatic rings. The van der Waals surface area contributed by atoms with Gasteiger partial charge in [-0.15, -0.1) is 0 Å². The summed E-state index contributed by atoms with van der Waals surface area (Å²) in [6.07, 6.45) is 3.90. The minimum Gasteiger partial charge on any atom is -0.467 e. The molecule has 0 saturated carbocycles. The number of esters is 2. The van der Waals surface area contributed by atoms with Crippen molar-refractivity contribution in [2.45, 2.75) is 30.7 Å². The first-order valence-corrected chi connectivity index (χ1v) is 9.87. The summed E-state index contributed by atoms with van der Waals surface area (Å²) in [4.78, 5) is 30.5. The lowest BCUT2D eigenvalue weighted by Crippen LogP contribution is -2.52. The van der Waals surface area contributed by atoms with Crippen LogP contribution < -0.4 is 0 Å². The van der Waals surface area contributed by atoms with E-state index in [1.807, 2.05) is 48.5 Å². The maximum absolute atomic E-state index is 13.0. The minimum atomic E-state index is -1.80. The monoisotopic (exact) mass is 443 g/mol. The molecule has 0 radical (unpaired) electrons. The van der Waals surface area contributed by atoms with Crippen molar-refractivity contribution in [3.63, 3.8) is 0 Å². The number of rotatable bonds is 5. The van der Waals surface area contributed by atoms with Crippen LogP contribution in [0.25, 0.3) is 0 Å². The maximum Gasteiger partial charge on any atom is 0.346 e. The Balaban J connectivity index is 2.19. The number of benzene rings is 2. The lowest BCUT2D eigenvalue weighted by atomic mass is 9.71. The summed E-state index contributed by atoms with van der Waals surface area (Å²) in [6.45, 7) is 0. The summed E-state index contributed by atoms with van der Waals surface area (Å²) in [5.74, 6) is -1.91. The van der Waals surface area contributed by atoms with E-state index >= 15 is 0 Å². The first-order valence-electron chi connectivity index (χ1n) is 9.08. The molecule has 0 unspecified atom stereocenters. The Morgan fingerprint density at radius 3 is 2.43 bits per heavy atom. The molecular formula is C22H22BrNO4. The van der Waals surface area contributed by atoms with E-state index in [0.717, 1.165) is 34.0 Å². The third-order valence-corrected chi connectivity index (χ3v) is 5.63. The van der Waals surface area contributed by atoms with E-state index in [9.17, 15) is 9.59 Å². The van der Waals surface area contributed by atoms with Crippen molar-refractivity contribution >= 4 is 34.1 Å². The Hall–Kier alpha value is -2.47. The van der Waals surface area contributed by atoms with Crippen molar-refractivity contribution in [3.8, 4) is 0 Å². The minimum absolute atomic E-state index is 0.478. The van der Waals surface area contributed by atoms with E-state index < -0.39 is 23.4 Å². The van der Waals surface area contributed by atoms with Gasteiger partial charge >= 0.3 is 11.9 Å². The van der Waals surface area contributed by atoms with Gasteiger partial charge in [-0.1, -0.05) is 52.3 Å². The van der Waals surface area contributed by atoms with Crippen LogP contribution in [0.15, 0.2) is 58.0 Å². The van der Waals surface area contributed by atoms with E-state index in [2.05, 4.69) is 20.9 Å². The molecule has 28 heavy (non-hydrogen) atoms. The number of hydrogen-bond donors (Lipinski definition) is 0. The van der Waals surface area contributed by atoms with Crippen LogP contribution in [-0.4, -0.2) is 37.9 Å². The average molecular weight is 444 g/mol. The van der Waals surface area contributed by atoms with Crippen LogP contribution in [0.2, 0.25) is 0 Å². The molecule has 0 N–H and O–H groups in total. The van der Waals surface area contributed by atoms with Gasteiger partial charge in [0.25, 0.3) is 5.54 Å². The van der Waals surface area contributed by atoms with Crippen LogP contribution >= 0.6 is 15.9 Å². The predicted octanol–water partition coefficient (Wildman–Crippen LogP) is 4.07. The molecule has 3 rings (SSSR count). The highest BCUT2D eigenvalue weighted by atomic mass is 79.9. The second kappa shape index (κ2) is 8.69. The molecular weight excluding hydrogens is 422 g/mol. The number of aryl methyl sites for hydroxylation is 1. The highest BCUT2D eigenvalue weighted by Gasteiger charge is 2.56. The molecule has 0 bridgehead atoms. The number of methoxy groups -OCH3 is 2. The molecule has 1 aliphatic rings. The van der Waals surface area contributed by atoms with Crippen LogP contribution in [-0.2, 0) is 25.5 Å². The molecule has 1 aliphatic carbocycles. The molecule has 0 aromatic heterocycles. The topological polar surface area (TPSA) is 65.0 Å². The number of aliphatic imine (C=N–C) groups is 1. The van der Waals surface area contributed by atoms with Gasteiger partial charge in [-0.3, -0.25) is 4.99 Å². The summed E-state index contributed by atoms with van der Waals surface area (Å²) in [5.41, 5.74) is 1.01. The van der Waals surface area contributed by atoms with Crippen molar-refractivity contribution in [2.75, 3.05) is 14.2 Å². The lowest BCUT2D eigenvalue weighted by molar-refractivity contribution is -0.162. The molecule has 146 valence electrons. The summed E-state index contributed by atoms with van der Waals surface area (Å²) in [5, 5.41) is 0. The van der Waals surface area contributed by atoms with E-state index in [0.29, 0.717) is 6.42 Å². The molecule has 2 aromatic carbocycles. The molecule has 0 spiro atoms. The van der Waals surface area contributed by atoms with Crippen molar-refractivity contribution in [2.24, 2.45) is 4.99 Å². The summed E-state index contributed by atoms with van der Waals surface area (Å²) >= 11 is 3.50. The van der Waals surface area contributed by atoms with Crippen LogP contribution in [0.1, 0.15) is 35.4 Å². The fourth-order valence-corrected chi connectivity index (χ4v) is 4.17. The number of fused-ring (bicyclic) bond motifs is 1. The lowest BCUT2D eigenvalue weighted by Gasteiger charge is -2.36. The SMILES string of the molecule is COC(=O)C(N=Cc1ccccc1)(C(=O)OC)[C@H]1CCCc2ccc(Br)cc21. The van der Waals surface area contributed by atoms with Gasteiger partial charge in [-0.05, 0) is 48.1 Å². The quantitative estimate of drug-likeness (QED) is 0.396. The van der Waals surface area contributed by atoms with Crippen LogP contribution in [0.4, 0.5) is 0 Å². The maximum atomic E-state index is 13.0. The first kappa shape index (κ1) is 20.3. The molecule has 0 fully saturated rings. The van der Waals surface area contributed by atoms with E-state index in [1.54, 1.807) is 6.21 Å². The molecule has 5 nitrogen and oxygen atoms in total. The Morgan fingerprint density at radius 2 is 1.79 bits per heavy atom. The Bertz CT molecular complexity index is 879. The van der Waals surface area contributed by atoms with E-state index in [-0.39, 0.29) is 0 Å². The standard InChI is InChI=1S/C22H22BrNO4/c1-27-20(25)22(21(26)28-2,24-14-15-7-4-3-5-8-15)19-10-6-9-16-11-12-17(23)13-18(16)19/h3-5,7-8,11-14,19H,6,9-10H2,1-2H3/t19-/m0/s1. The van der Waals surface area contributed by atoms with E-state index in [4.69, 9.17) is 9.47 Å². The van der Waals surface area contributed by atoms with Crippen molar-refractivity contribution in [3.05, 3.63) is 69.7 Å². The number of ether oxygens (including phenoxy) is 2. The van der Waals surface area contributed by atoms with Gasteiger partial charge in [-0.2, -0.15) is 0 Å². The van der Waals surface area contributed by atoms with Gasteiger partial charge in [0.05, 0.1) is 14.2 Å². The largest absolute Gasteiger partial charge is 0.467 e. The van der Waals surface area contributed by atoms with Crippen LogP contribution in [0.3, 0.4) is 0 Å². The number of carbonyl (C=O) groups is 2. The number of carbonyl (C=O) groups excluding carboxylic acids is 2. The third-order valence-electron chi connectivity index (χ3n) is 5.14. The average Bonchev–Trinajstić information content (AvgIpc) is 2.74. The zero-order valence-electron chi connectivity index (χ0n) is 15.9. The summed E-state index contributed by atoms with van der Waals surface area (Å²) in [7, 11) is 2.53. The molecule has 0 saturated heterocycles. The number of nitrogens with zero attached hydrogens (tertiary/aromatic N) is 1. The second-order valence-corrected chi connectivity index (χ2v) is 7.62. The molecule has 6 heteroatoms. The first-order chi connectivity index (χ1) is 13.5. The molecule has 0 heterocycles. The van der Waals surface area contributed by atoms with Gasteiger partial charge in [0, 0.05) is 16.6 Å². The van der Waals surface area contributed by atoms with Gasteiger partial charge in [0.2, 0.25) is 0 Å². The highest BCUT2D eigenvalue weighted by molar-refractivity contribution is 9.10. The van der Waals surface area contributed by atoms with Crippen LogP contribution in [0, 0.1) is 0 Å². The van der Waals surface area contributed by atoms with Gasteiger partial charge < -0.3 is 9.47 Å². The molecule has 0 amide bonds. The van der Waals surface area contributed by atoms with E-state index in [1.165, 1.54) is 14.2 Å². The smallest absolute Gasteiger partial charge is 0.346 e. The zero-order chi connectivity index (χ0) is 20.1. The third kappa shape index (κ3) is 3.74. The Kier molecular flexibility index (Phi) is 6.29. The van der Waals surface area contributed by atoms with Crippen molar-refractivity contribution in [1.82, 2.24) is 0 Å². The fourth-order valence-electron chi connectivity index (χ4n) is 3.79. The van der Waals surface area contributed by atoms with Gasteiger partial charge in [0.1, 0.15) is 0 Å². The van der Waals surface area contributed by atoms with Crippen molar-refractivity contribution in [1.29, 1.82) is 0 Å². The highest BCUT2D eigenvalue weighted by Crippen LogP contribution is 2.43. The van der Waals surface area contributed by atoms with Gasteiger partial charge in [-0.25, -0.2) is 9.59 Å². The van der Waals surface area contributed by atoms with Gasteiger partial charge in [0.15, 0.2) is 0 Å². The Labute approximate surface area is 172 Å². The predicted molar refractivity (Wildman–Crippen MR) is 111 cm³/mol. The number of hydrogen-bond acceptors (Lipinski definition) is 5. The van der Waals surface area contributed by atoms with Crippen molar-refractivity contribution < 1.29 is 19.1 Å².